The van der Waals surface area contributed by atoms with Crippen molar-refractivity contribution in [3.05, 3.63) is 40.7 Å². The van der Waals surface area contributed by atoms with Gasteiger partial charge in [-0.3, -0.25) is 0 Å². The summed E-state index contributed by atoms with van der Waals surface area (Å²) in [5.74, 6) is 0.577. The van der Waals surface area contributed by atoms with E-state index in [-0.39, 0.29) is 0 Å². The fraction of sp³-hybridized carbons (Fsp3) is 0.467. The normalized spacial score (nSPS) is 15.5. The lowest BCUT2D eigenvalue weighted by Gasteiger charge is -2.27. The Bertz CT molecular complexity index is 596. The second-order valence-electron chi connectivity index (χ2n) is 5.38. The summed E-state index contributed by atoms with van der Waals surface area (Å²) < 4.78 is 2.01. The molecule has 2 aromatic rings. The summed E-state index contributed by atoms with van der Waals surface area (Å²) in [5, 5.41) is 8.62. The van der Waals surface area contributed by atoms with Gasteiger partial charge < -0.3 is 5.73 Å². The molecule has 0 bridgehead atoms. The van der Waals surface area contributed by atoms with Crippen LogP contribution in [0.3, 0.4) is 0 Å². The summed E-state index contributed by atoms with van der Waals surface area (Å²) >= 11 is 0. The minimum atomic E-state index is 0.469. The Morgan fingerprint density at radius 3 is 2.74 bits per heavy atom. The molecule has 1 aliphatic carbocycles. The minimum Gasteiger partial charge on any atom is -0.325 e. The Kier molecular flexibility index (Phi) is 3.11. The number of benzene rings is 1. The van der Waals surface area contributed by atoms with Crippen LogP contribution < -0.4 is 5.73 Å². The van der Waals surface area contributed by atoms with Crippen LogP contribution in [-0.2, 0) is 6.54 Å². The molecule has 1 aromatic carbocycles. The van der Waals surface area contributed by atoms with Gasteiger partial charge in [0.05, 0.1) is 11.4 Å². The van der Waals surface area contributed by atoms with Gasteiger partial charge in [0.15, 0.2) is 0 Å². The molecule has 0 unspecified atom stereocenters. The van der Waals surface area contributed by atoms with Crippen LogP contribution in [0.4, 0.5) is 0 Å². The van der Waals surface area contributed by atoms with Crippen molar-refractivity contribution in [1.82, 2.24) is 15.0 Å². The zero-order valence-corrected chi connectivity index (χ0v) is 11.6. The van der Waals surface area contributed by atoms with Gasteiger partial charge in [0, 0.05) is 12.5 Å². The van der Waals surface area contributed by atoms with E-state index in [0.29, 0.717) is 12.5 Å². The van der Waals surface area contributed by atoms with Crippen LogP contribution in [0.1, 0.15) is 47.7 Å². The molecule has 1 fully saturated rings. The molecule has 1 heterocycles. The fourth-order valence-electron chi connectivity index (χ4n) is 2.70. The van der Waals surface area contributed by atoms with Crippen molar-refractivity contribution in [1.29, 1.82) is 0 Å². The van der Waals surface area contributed by atoms with Crippen molar-refractivity contribution in [2.75, 3.05) is 0 Å². The first-order valence-electron chi connectivity index (χ1n) is 6.93. The van der Waals surface area contributed by atoms with E-state index in [4.69, 9.17) is 5.73 Å². The van der Waals surface area contributed by atoms with Gasteiger partial charge in [-0.25, -0.2) is 4.68 Å². The number of rotatable bonds is 3. The highest BCUT2D eigenvalue weighted by Gasteiger charge is 2.28. The number of hydrogen-bond donors (Lipinski definition) is 1. The van der Waals surface area contributed by atoms with Gasteiger partial charge in [0.2, 0.25) is 0 Å². The van der Waals surface area contributed by atoms with Crippen molar-refractivity contribution in [2.24, 2.45) is 5.73 Å². The van der Waals surface area contributed by atoms with Crippen LogP contribution in [0.15, 0.2) is 18.2 Å². The molecule has 19 heavy (non-hydrogen) atoms. The predicted molar refractivity (Wildman–Crippen MR) is 75.3 cm³/mol. The highest BCUT2D eigenvalue weighted by atomic mass is 15.4. The molecule has 0 spiro atoms. The summed E-state index contributed by atoms with van der Waals surface area (Å²) in [5.41, 5.74) is 11.7. The summed E-state index contributed by atoms with van der Waals surface area (Å²) in [4.78, 5) is 0. The largest absolute Gasteiger partial charge is 0.325 e. The first kappa shape index (κ1) is 12.4. The second kappa shape index (κ2) is 4.78. The molecule has 0 saturated heterocycles. The summed E-state index contributed by atoms with van der Waals surface area (Å²) in [6.45, 7) is 4.73. The molecule has 1 aromatic heterocycles. The summed E-state index contributed by atoms with van der Waals surface area (Å²) in [6.07, 6.45) is 3.75. The lowest BCUT2D eigenvalue weighted by atomic mass is 9.82. The van der Waals surface area contributed by atoms with Crippen LogP contribution in [0, 0.1) is 13.8 Å². The molecular weight excluding hydrogens is 236 g/mol. The van der Waals surface area contributed by atoms with E-state index in [9.17, 15) is 0 Å². The third kappa shape index (κ3) is 1.96. The van der Waals surface area contributed by atoms with E-state index in [1.165, 1.54) is 36.1 Å². The molecule has 100 valence electrons. The number of aromatic nitrogens is 3. The average molecular weight is 256 g/mol. The first-order chi connectivity index (χ1) is 9.22. The molecule has 1 saturated carbocycles. The fourth-order valence-corrected chi connectivity index (χ4v) is 2.70. The van der Waals surface area contributed by atoms with E-state index in [2.05, 4.69) is 42.4 Å². The van der Waals surface area contributed by atoms with Crippen molar-refractivity contribution >= 4 is 0 Å². The third-order valence-electron chi connectivity index (χ3n) is 4.27. The lowest BCUT2D eigenvalue weighted by molar-refractivity contribution is 0.400. The standard InChI is InChI=1S/C15H20N4/c1-10-5-3-8-14(11(10)2)19-15(12-6-4-7-12)13(9-16)17-18-19/h3,5,8,12H,4,6-7,9,16H2,1-2H3. The quantitative estimate of drug-likeness (QED) is 0.918. The van der Waals surface area contributed by atoms with Gasteiger partial charge in [-0.2, -0.15) is 0 Å². The van der Waals surface area contributed by atoms with Crippen LogP contribution in [-0.4, -0.2) is 15.0 Å². The molecule has 0 atom stereocenters. The van der Waals surface area contributed by atoms with Gasteiger partial charge >= 0.3 is 0 Å². The van der Waals surface area contributed by atoms with Crippen LogP contribution in [0.2, 0.25) is 0 Å². The number of aryl methyl sites for hydroxylation is 1. The third-order valence-corrected chi connectivity index (χ3v) is 4.27. The Balaban J connectivity index is 2.14. The maximum Gasteiger partial charge on any atom is 0.100 e. The zero-order chi connectivity index (χ0) is 13.4. The van der Waals surface area contributed by atoms with Crippen LogP contribution >= 0.6 is 0 Å². The lowest BCUT2D eigenvalue weighted by Crippen LogP contribution is -2.17. The molecule has 3 rings (SSSR count). The van der Waals surface area contributed by atoms with Gasteiger partial charge in [-0.05, 0) is 43.9 Å². The highest BCUT2D eigenvalue weighted by Crippen LogP contribution is 2.38. The predicted octanol–water partition coefficient (Wildman–Crippen LogP) is 2.61. The number of hydrogen-bond acceptors (Lipinski definition) is 3. The zero-order valence-electron chi connectivity index (χ0n) is 11.6. The molecule has 1 aliphatic rings. The maximum atomic E-state index is 5.81. The van der Waals surface area contributed by atoms with E-state index in [0.717, 1.165) is 11.4 Å². The Morgan fingerprint density at radius 2 is 2.11 bits per heavy atom. The molecule has 0 amide bonds. The molecular formula is C15H20N4. The van der Waals surface area contributed by atoms with Gasteiger partial charge in [0.1, 0.15) is 5.69 Å². The van der Waals surface area contributed by atoms with Crippen molar-refractivity contribution in [3.63, 3.8) is 0 Å². The molecule has 2 N–H and O–H groups in total. The Morgan fingerprint density at radius 1 is 1.32 bits per heavy atom. The monoisotopic (exact) mass is 256 g/mol. The smallest absolute Gasteiger partial charge is 0.100 e. The van der Waals surface area contributed by atoms with E-state index >= 15 is 0 Å². The van der Waals surface area contributed by atoms with Gasteiger partial charge in [0.25, 0.3) is 0 Å². The molecule has 0 radical (unpaired) electrons. The first-order valence-corrected chi connectivity index (χ1v) is 6.93. The summed E-state index contributed by atoms with van der Waals surface area (Å²) in [6, 6.07) is 6.31. The topological polar surface area (TPSA) is 56.7 Å². The van der Waals surface area contributed by atoms with E-state index in [1.807, 2.05) is 4.68 Å². The molecule has 4 nitrogen and oxygen atoms in total. The average Bonchev–Trinajstić information content (AvgIpc) is 2.74. The van der Waals surface area contributed by atoms with Crippen LogP contribution in [0.5, 0.6) is 0 Å². The second-order valence-corrected chi connectivity index (χ2v) is 5.38. The Labute approximate surface area is 113 Å². The van der Waals surface area contributed by atoms with Crippen molar-refractivity contribution in [2.45, 2.75) is 45.6 Å². The molecule has 0 aliphatic heterocycles. The minimum absolute atomic E-state index is 0.469. The number of nitrogens with two attached hydrogens (primary N) is 1. The van der Waals surface area contributed by atoms with Gasteiger partial charge in [-0.1, -0.05) is 23.8 Å². The van der Waals surface area contributed by atoms with Crippen molar-refractivity contribution < 1.29 is 0 Å². The van der Waals surface area contributed by atoms with E-state index < -0.39 is 0 Å². The van der Waals surface area contributed by atoms with Crippen LogP contribution in [0.25, 0.3) is 5.69 Å². The summed E-state index contributed by atoms with van der Waals surface area (Å²) in [7, 11) is 0. The molecule has 4 heteroatoms. The van der Waals surface area contributed by atoms with Crippen molar-refractivity contribution in [3.8, 4) is 5.69 Å². The Hall–Kier alpha value is -1.68. The highest BCUT2D eigenvalue weighted by molar-refractivity contribution is 5.45. The van der Waals surface area contributed by atoms with Gasteiger partial charge in [-0.15, -0.1) is 5.10 Å². The van der Waals surface area contributed by atoms with E-state index in [1.54, 1.807) is 0 Å². The number of nitrogens with zero attached hydrogens (tertiary/aromatic N) is 3. The SMILES string of the molecule is Cc1cccc(-n2nnc(CN)c2C2CCC2)c1C. The maximum absolute atomic E-state index is 5.81.